The Labute approximate surface area is 225 Å². The summed E-state index contributed by atoms with van der Waals surface area (Å²) in [6.45, 7) is 2.81. The van der Waals surface area contributed by atoms with Crippen molar-refractivity contribution in [2.75, 3.05) is 0 Å². The smallest absolute Gasteiger partial charge is 0.346 e. The van der Waals surface area contributed by atoms with Crippen molar-refractivity contribution in [3.05, 3.63) is 106 Å². The first-order valence-corrected chi connectivity index (χ1v) is 12.9. The van der Waals surface area contributed by atoms with Gasteiger partial charge in [-0.05, 0) is 46.4 Å². The van der Waals surface area contributed by atoms with Gasteiger partial charge < -0.3 is 5.11 Å². The number of benzene rings is 3. The van der Waals surface area contributed by atoms with Gasteiger partial charge in [0.2, 0.25) is 5.82 Å². The second kappa shape index (κ2) is 11.7. The zero-order chi connectivity index (χ0) is 27.2. The molecule has 0 atom stereocenters. The molecule has 0 aliphatic rings. The Morgan fingerprint density at radius 2 is 1.69 bits per heavy atom. The summed E-state index contributed by atoms with van der Waals surface area (Å²) >= 11 is 0. The van der Waals surface area contributed by atoms with Crippen molar-refractivity contribution in [3.8, 4) is 22.5 Å². The van der Waals surface area contributed by atoms with Crippen molar-refractivity contribution in [2.24, 2.45) is 0 Å². The van der Waals surface area contributed by atoms with E-state index in [1.165, 1.54) is 4.68 Å². The van der Waals surface area contributed by atoms with Gasteiger partial charge >= 0.3 is 11.7 Å². The highest BCUT2D eigenvalue weighted by Crippen LogP contribution is 2.29. The molecular weight excluding hydrogens is 494 g/mol. The number of aryl methyl sites for hydroxylation is 3. The van der Waals surface area contributed by atoms with Crippen LogP contribution in [0.1, 0.15) is 47.1 Å². The highest BCUT2D eigenvalue weighted by atomic mass is 16.4. The van der Waals surface area contributed by atoms with E-state index in [1.807, 2.05) is 48.5 Å². The second-order valence-electron chi connectivity index (χ2n) is 9.30. The number of aromatic nitrogens is 7. The highest BCUT2D eigenvalue weighted by Gasteiger charge is 2.16. The third kappa shape index (κ3) is 5.69. The molecule has 0 spiro atoms. The van der Waals surface area contributed by atoms with Gasteiger partial charge in [-0.15, -0.1) is 10.2 Å². The summed E-state index contributed by atoms with van der Waals surface area (Å²) in [4.78, 5) is 25.0. The number of tetrazole rings is 1. The lowest BCUT2D eigenvalue weighted by Crippen LogP contribution is -2.26. The van der Waals surface area contributed by atoms with Gasteiger partial charge in [-0.3, -0.25) is 4.57 Å². The quantitative estimate of drug-likeness (QED) is 0.265. The molecule has 0 fully saturated rings. The largest absolute Gasteiger partial charge is 0.478 e. The summed E-state index contributed by atoms with van der Waals surface area (Å²) in [7, 11) is 0. The summed E-state index contributed by atoms with van der Waals surface area (Å²) in [6.07, 6.45) is 3.01. The molecule has 198 valence electrons. The molecule has 3 aromatic carbocycles. The van der Waals surface area contributed by atoms with Crippen LogP contribution in [0.25, 0.3) is 22.5 Å². The fourth-order valence-corrected chi connectivity index (χ4v) is 4.66. The molecule has 0 radical (unpaired) electrons. The number of hydrogen-bond donors (Lipinski definition) is 2. The van der Waals surface area contributed by atoms with E-state index in [0.29, 0.717) is 37.3 Å². The number of aromatic carboxylic acids is 1. The van der Waals surface area contributed by atoms with Crippen molar-refractivity contribution >= 4 is 5.97 Å². The van der Waals surface area contributed by atoms with E-state index in [2.05, 4.69) is 32.6 Å². The number of carbonyl (C=O) groups is 1. The molecule has 39 heavy (non-hydrogen) atoms. The molecule has 0 aliphatic carbocycles. The monoisotopic (exact) mass is 523 g/mol. The van der Waals surface area contributed by atoms with Crippen molar-refractivity contribution in [2.45, 2.75) is 45.7 Å². The van der Waals surface area contributed by atoms with E-state index in [0.717, 1.165) is 40.9 Å². The number of unbranched alkanes of at least 4 members (excludes halogenated alkanes) is 1. The molecule has 0 amide bonds. The molecule has 0 saturated heterocycles. The number of carboxylic acids is 1. The molecule has 2 N–H and O–H groups in total. The van der Waals surface area contributed by atoms with Crippen LogP contribution >= 0.6 is 0 Å². The summed E-state index contributed by atoms with van der Waals surface area (Å²) in [6, 6.07) is 22.8. The predicted molar refractivity (Wildman–Crippen MR) is 146 cm³/mol. The molecule has 5 aromatic rings. The average molecular weight is 524 g/mol. The lowest BCUT2D eigenvalue weighted by Gasteiger charge is -2.09. The first-order valence-electron chi connectivity index (χ1n) is 12.9. The van der Waals surface area contributed by atoms with E-state index in [9.17, 15) is 14.7 Å². The Hall–Kier alpha value is -4.86. The Morgan fingerprint density at radius 1 is 0.949 bits per heavy atom. The fraction of sp³-hybridized carbons (Fsp3) is 0.241. The minimum Gasteiger partial charge on any atom is -0.478 e. The van der Waals surface area contributed by atoms with Gasteiger partial charge in [0.05, 0.1) is 18.7 Å². The fourth-order valence-electron chi connectivity index (χ4n) is 4.66. The van der Waals surface area contributed by atoms with Gasteiger partial charge in [-0.1, -0.05) is 80.1 Å². The van der Waals surface area contributed by atoms with Gasteiger partial charge in [0.1, 0.15) is 5.82 Å². The topological polar surface area (TPSA) is 132 Å². The van der Waals surface area contributed by atoms with Crippen LogP contribution in [0, 0.1) is 0 Å². The Balaban J connectivity index is 1.39. The van der Waals surface area contributed by atoms with Crippen LogP contribution in [0.5, 0.6) is 0 Å². The summed E-state index contributed by atoms with van der Waals surface area (Å²) < 4.78 is 3.18. The highest BCUT2D eigenvalue weighted by molar-refractivity contribution is 5.89. The Kier molecular flexibility index (Phi) is 7.72. The lowest BCUT2D eigenvalue weighted by molar-refractivity contribution is 0.0695. The third-order valence-corrected chi connectivity index (χ3v) is 6.71. The van der Waals surface area contributed by atoms with Gasteiger partial charge in [0.15, 0.2) is 0 Å². The first kappa shape index (κ1) is 25.8. The maximum absolute atomic E-state index is 13.4. The molecule has 2 heterocycles. The zero-order valence-corrected chi connectivity index (χ0v) is 21.6. The molecule has 0 unspecified atom stereocenters. The van der Waals surface area contributed by atoms with Crippen LogP contribution in [-0.4, -0.2) is 46.0 Å². The van der Waals surface area contributed by atoms with Crippen LogP contribution in [0.15, 0.2) is 77.6 Å². The number of aromatic amines is 1. The number of hydrogen-bond acceptors (Lipinski definition) is 6. The average Bonchev–Trinajstić information content (AvgIpc) is 3.60. The number of nitrogens with zero attached hydrogens (tertiary/aromatic N) is 6. The summed E-state index contributed by atoms with van der Waals surface area (Å²) in [5, 5.41) is 28.5. The van der Waals surface area contributed by atoms with E-state index < -0.39 is 5.97 Å². The number of nitrogens with one attached hydrogen (secondary N) is 1. The lowest BCUT2D eigenvalue weighted by atomic mass is 9.98. The minimum atomic E-state index is -0.976. The van der Waals surface area contributed by atoms with E-state index in [4.69, 9.17) is 0 Å². The number of H-pyrrole nitrogens is 1. The van der Waals surface area contributed by atoms with Gasteiger partial charge in [-0.2, -0.15) is 10.3 Å². The van der Waals surface area contributed by atoms with Crippen molar-refractivity contribution < 1.29 is 9.90 Å². The van der Waals surface area contributed by atoms with E-state index in [1.54, 1.807) is 28.8 Å². The SMILES string of the molecule is CCCCc1nn(CCc2ccccc2C(=O)O)c(=O)n1Cc1ccc(-c2ccccc2-c2nn[nH]n2)cc1. The number of carboxylic acid groups (broad SMARTS) is 1. The zero-order valence-electron chi connectivity index (χ0n) is 21.6. The standard InChI is InChI=1S/C29H29N7O3/c1-2-3-12-26-32-36(18-17-21-8-4-5-10-24(21)28(37)38)29(39)35(26)19-20-13-15-22(16-14-20)23-9-6-7-11-25(23)27-30-33-34-31-27/h4-11,13-16H,2-3,12,17-19H2,1H3,(H,37,38)(H,30,31,33,34). The molecule has 2 aromatic heterocycles. The summed E-state index contributed by atoms with van der Waals surface area (Å²) in [5.74, 6) is 0.288. The van der Waals surface area contributed by atoms with E-state index in [-0.39, 0.29) is 11.3 Å². The molecule has 10 nitrogen and oxygen atoms in total. The second-order valence-corrected chi connectivity index (χ2v) is 9.30. The maximum Gasteiger partial charge on any atom is 0.346 e. The van der Waals surface area contributed by atoms with Crippen LogP contribution in [0.4, 0.5) is 0 Å². The minimum absolute atomic E-state index is 0.194. The molecule has 10 heteroatoms. The molecule has 0 bridgehead atoms. The predicted octanol–water partition coefficient (Wildman–Crippen LogP) is 4.22. The van der Waals surface area contributed by atoms with Gasteiger partial charge in [-0.25, -0.2) is 14.3 Å². The first-order chi connectivity index (χ1) is 19.0. The summed E-state index contributed by atoms with van der Waals surface area (Å²) in [5.41, 5.74) is 4.58. The van der Waals surface area contributed by atoms with Gasteiger partial charge in [0.25, 0.3) is 0 Å². The van der Waals surface area contributed by atoms with Crippen molar-refractivity contribution in [3.63, 3.8) is 0 Å². The van der Waals surface area contributed by atoms with Crippen molar-refractivity contribution in [1.29, 1.82) is 0 Å². The van der Waals surface area contributed by atoms with Crippen LogP contribution < -0.4 is 5.69 Å². The van der Waals surface area contributed by atoms with Gasteiger partial charge in [0, 0.05) is 12.0 Å². The maximum atomic E-state index is 13.4. The molecular formula is C29H29N7O3. The third-order valence-electron chi connectivity index (χ3n) is 6.71. The molecule has 5 rings (SSSR count). The van der Waals surface area contributed by atoms with Crippen LogP contribution in [0.2, 0.25) is 0 Å². The number of rotatable bonds is 11. The van der Waals surface area contributed by atoms with Crippen LogP contribution in [0.3, 0.4) is 0 Å². The van der Waals surface area contributed by atoms with Crippen LogP contribution in [-0.2, 0) is 25.9 Å². The van der Waals surface area contributed by atoms with Crippen molar-refractivity contribution in [1.82, 2.24) is 35.0 Å². The van der Waals surface area contributed by atoms with E-state index >= 15 is 0 Å². The normalized spacial score (nSPS) is 11.1. The Morgan fingerprint density at radius 3 is 2.41 bits per heavy atom. The Bertz CT molecular complexity index is 1620. The molecule has 0 aliphatic heterocycles. The molecule has 0 saturated carbocycles.